The van der Waals surface area contributed by atoms with Crippen LogP contribution in [0.2, 0.25) is 0 Å². The van der Waals surface area contributed by atoms with Crippen molar-refractivity contribution in [2.45, 2.75) is 26.8 Å². The Hall–Kier alpha value is -1.18. The molecule has 1 rings (SSSR count). The van der Waals surface area contributed by atoms with Crippen molar-refractivity contribution in [3.05, 3.63) is 29.1 Å². The predicted molar refractivity (Wildman–Crippen MR) is 64.1 cm³/mol. The van der Waals surface area contributed by atoms with E-state index in [9.17, 15) is 31.4 Å². The van der Waals surface area contributed by atoms with Crippen molar-refractivity contribution in [1.29, 1.82) is 0 Å². The van der Waals surface area contributed by atoms with Gasteiger partial charge in [0.05, 0.1) is 0 Å². The minimum Gasteiger partial charge on any atom is -0.407 e. The van der Waals surface area contributed by atoms with Crippen LogP contribution in [0.3, 0.4) is 0 Å². The lowest BCUT2D eigenvalue weighted by Crippen LogP contribution is -2.30. The maximum atomic E-state index is 13.3. The third-order valence-corrected chi connectivity index (χ3v) is 3.91. The maximum absolute atomic E-state index is 13.3. The van der Waals surface area contributed by atoms with Gasteiger partial charge in [0.1, 0.15) is 0 Å². The second-order valence-corrected chi connectivity index (χ2v) is 6.15. The van der Waals surface area contributed by atoms with E-state index in [1.165, 1.54) is 6.92 Å². The van der Waals surface area contributed by atoms with E-state index in [0.717, 1.165) is 0 Å². The van der Waals surface area contributed by atoms with Crippen LogP contribution in [-0.4, -0.2) is 10.9 Å². The number of hydrogen-bond acceptors (Lipinski definition) is 2. The summed E-state index contributed by atoms with van der Waals surface area (Å²) in [4.78, 5) is 9.44. The number of nitrogens with one attached hydrogen (secondary N) is 1. The van der Waals surface area contributed by atoms with E-state index in [0.29, 0.717) is 0 Å². The molecule has 0 heterocycles. The average Bonchev–Trinajstić information content (AvgIpc) is 2.38. The van der Waals surface area contributed by atoms with Gasteiger partial charge in [-0.15, -0.1) is 0 Å². The highest BCUT2D eigenvalue weighted by Crippen LogP contribution is 2.43. The topological polar surface area (TPSA) is 58.6 Å². The van der Waals surface area contributed by atoms with Crippen LogP contribution in [0.4, 0.5) is 22.0 Å². The van der Waals surface area contributed by atoms with Gasteiger partial charge < -0.3 is 9.42 Å². The van der Waals surface area contributed by atoms with Crippen LogP contribution >= 0.6 is 7.75 Å². The van der Waals surface area contributed by atoms with Gasteiger partial charge in [0.2, 0.25) is 34.8 Å². The van der Waals surface area contributed by atoms with Crippen LogP contribution in [0.15, 0.2) is 0 Å². The zero-order valence-corrected chi connectivity index (χ0v) is 12.1. The van der Waals surface area contributed by atoms with Gasteiger partial charge in [-0.25, -0.2) is 22.8 Å². The van der Waals surface area contributed by atoms with Crippen LogP contribution in [-0.2, 0) is 4.57 Å². The Morgan fingerprint density at radius 3 is 1.71 bits per heavy atom. The Balaban J connectivity index is 3.17. The summed E-state index contributed by atoms with van der Waals surface area (Å²) in [5, 5.41) is 2.03. The molecule has 120 valence electrons. The molecular formula is C11H13F5NO3P. The first-order valence-corrected chi connectivity index (χ1v) is 7.37. The summed E-state index contributed by atoms with van der Waals surface area (Å²) >= 11 is 0. The van der Waals surface area contributed by atoms with Crippen molar-refractivity contribution in [1.82, 2.24) is 5.09 Å². The average molecular weight is 333 g/mol. The molecule has 0 radical (unpaired) electrons. The van der Waals surface area contributed by atoms with Crippen LogP contribution in [0.1, 0.15) is 20.8 Å². The molecule has 1 aromatic carbocycles. The highest BCUT2D eigenvalue weighted by Gasteiger charge is 2.33. The maximum Gasteiger partial charge on any atom is 0.456 e. The van der Waals surface area contributed by atoms with E-state index >= 15 is 0 Å². The predicted octanol–water partition coefficient (Wildman–Crippen LogP) is 3.50. The third-order valence-electron chi connectivity index (χ3n) is 2.75. The second kappa shape index (κ2) is 6.29. The van der Waals surface area contributed by atoms with Gasteiger partial charge >= 0.3 is 7.75 Å². The third kappa shape index (κ3) is 3.93. The fourth-order valence-corrected chi connectivity index (χ4v) is 2.49. The molecule has 21 heavy (non-hydrogen) atoms. The van der Waals surface area contributed by atoms with Crippen LogP contribution < -0.4 is 9.61 Å². The molecule has 1 unspecified atom stereocenters. The molecule has 0 saturated heterocycles. The molecule has 10 heteroatoms. The van der Waals surface area contributed by atoms with Gasteiger partial charge in [-0.05, 0) is 12.8 Å². The molecule has 2 N–H and O–H groups in total. The Kier molecular flexibility index (Phi) is 5.35. The zero-order chi connectivity index (χ0) is 16.5. The minimum absolute atomic E-state index is 0.148. The summed E-state index contributed by atoms with van der Waals surface area (Å²) < 4.78 is 81.1. The van der Waals surface area contributed by atoms with E-state index in [1.807, 2.05) is 5.09 Å². The molecule has 0 aromatic heterocycles. The molecule has 0 aliphatic carbocycles. The van der Waals surface area contributed by atoms with Crippen molar-refractivity contribution in [2.75, 3.05) is 0 Å². The fourth-order valence-electron chi connectivity index (χ4n) is 1.22. The molecule has 0 fully saturated rings. The highest BCUT2D eigenvalue weighted by atomic mass is 31.2. The fraction of sp³-hybridized carbons (Fsp3) is 0.455. The van der Waals surface area contributed by atoms with E-state index in [2.05, 4.69) is 4.52 Å². The Bertz CT molecular complexity index is 567. The molecule has 0 bridgehead atoms. The quantitative estimate of drug-likeness (QED) is 0.375. The van der Waals surface area contributed by atoms with Gasteiger partial charge in [-0.1, -0.05) is 13.8 Å². The normalized spacial score (nSPS) is 15.9. The molecule has 0 amide bonds. The standard InChI is InChI=1S/C11H13F5NO3P/c1-4(2)5(3)17-21(18,19)20-11-9(15)7(13)6(12)8(14)10(11)16/h4-5H,1-3H3,(H2,17,18,19)/t5-/m0/s1. The van der Waals surface area contributed by atoms with Crippen LogP contribution in [0.5, 0.6) is 5.75 Å². The Morgan fingerprint density at radius 1 is 0.952 bits per heavy atom. The molecular weight excluding hydrogens is 320 g/mol. The van der Waals surface area contributed by atoms with Gasteiger partial charge in [-0.3, -0.25) is 0 Å². The minimum atomic E-state index is -4.82. The lowest BCUT2D eigenvalue weighted by atomic mass is 10.1. The van der Waals surface area contributed by atoms with Gasteiger partial charge in [0.25, 0.3) is 0 Å². The summed E-state index contributed by atoms with van der Waals surface area (Å²) in [6.45, 7) is 4.83. The molecule has 0 spiro atoms. The van der Waals surface area contributed by atoms with Gasteiger partial charge in [-0.2, -0.15) is 8.78 Å². The number of hydrogen-bond donors (Lipinski definition) is 2. The lowest BCUT2D eigenvalue weighted by Gasteiger charge is -2.22. The van der Waals surface area contributed by atoms with Crippen molar-refractivity contribution in [3.63, 3.8) is 0 Å². The largest absolute Gasteiger partial charge is 0.456 e. The monoisotopic (exact) mass is 333 g/mol. The number of benzene rings is 1. The van der Waals surface area contributed by atoms with Crippen molar-refractivity contribution < 1.29 is 35.9 Å². The summed E-state index contributed by atoms with van der Waals surface area (Å²) in [5.41, 5.74) is 0. The first-order chi connectivity index (χ1) is 9.48. The Labute approximate surface area is 117 Å². The number of rotatable bonds is 5. The first kappa shape index (κ1) is 17.9. The van der Waals surface area contributed by atoms with E-state index in [-0.39, 0.29) is 5.92 Å². The van der Waals surface area contributed by atoms with E-state index in [4.69, 9.17) is 0 Å². The first-order valence-electron chi connectivity index (χ1n) is 5.79. The molecule has 4 nitrogen and oxygen atoms in total. The SMILES string of the molecule is CC(C)[C@H](C)NP(=O)(O)Oc1c(F)c(F)c(F)c(F)c1F. The molecule has 0 aliphatic rings. The molecule has 0 aliphatic heterocycles. The smallest absolute Gasteiger partial charge is 0.407 e. The number of halogens is 5. The second-order valence-electron chi connectivity index (χ2n) is 4.67. The van der Waals surface area contributed by atoms with E-state index in [1.54, 1.807) is 13.8 Å². The Morgan fingerprint density at radius 2 is 1.33 bits per heavy atom. The van der Waals surface area contributed by atoms with Crippen molar-refractivity contribution in [3.8, 4) is 5.75 Å². The van der Waals surface area contributed by atoms with E-state index < -0.39 is 48.6 Å². The van der Waals surface area contributed by atoms with Gasteiger partial charge in [0.15, 0.2) is 0 Å². The molecule has 2 atom stereocenters. The molecule has 1 aromatic rings. The van der Waals surface area contributed by atoms with Crippen LogP contribution in [0.25, 0.3) is 0 Å². The summed E-state index contributed by atoms with van der Waals surface area (Å²) in [5.74, 6) is -13.5. The van der Waals surface area contributed by atoms with Crippen molar-refractivity contribution in [2.24, 2.45) is 5.92 Å². The van der Waals surface area contributed by atoms with Crippen molar-refractivity contribution >= 4 is 7.75 Å². The molecule has 0 saturated carbocycles. The van der Waals surface area contributed by atoms with Gasteiger partial charge in [0, 0.05) is 6.04 Å². The summed E-state index contributed by atoms with van der Waals surface area (Å²) in [7, 11) is -4.82. The summed E-state index contributed by atoms with van der Waals surface area (Å²) in [6, 6.07) is -0.609. The van der Waals surface area contributed by atoms with Crippen LogP contribution in [0, 0.1) is 35.0 Å². The lowest BCUT2D eigenvalue weighted by molar-refractivity contribution is 0.306. The zero-order valence-electron chi connectivity index (χ0n) is 11.3. The highest BCUT2D eigenvalue weighted by molar-refractivity contribution is 7.51. The summed E-state index contributed by atoms with van der Waals surface area (Å²) in [6.07, 6.45) is 0.